The van der Waals surface area contributed by atoms with E-state index < -0.39 is 0 Å². The van der Waals surface area contributed by atoms with Crippen molar-refractivity contribution in [2.24, 2.45) is 10.2 Å². The first-order valence-corrected chi connectivity index (χ1v) is 20.3. The number of fused-ring (bicyclic) bond motifs is 2. The maximum Gasteiger partial charge on any atom is 0.0653 e. The Balaban J connectivity index is 0.986. The summed E-state index contributed by atoms with van der Waals surface area (Å²) in [5, 5.41) is 26.5. The Morgan fingerprint density at radius 3 is 1.48 bits per heavy atom. The molecule has 4 heteroatoms. The van der Waals surface area contributed by atoms with Crippen molar-refractivity contribution < 1.29 is 0 Å². The SMILES string of the molecule is C(=N\N(c1ccccc1)c1ccccc1)/c1c2ccccc2cc2c(-c3ccc(N(/N=C/c4ccc5ccc6cccc7ccc4c5c67)c4ccccc4)cc3)cccc12. The predicted octanol–water partition coefficient (Wildman–Crippen LogP) is 14.9. The minimum Gasteiger partial charge on any atom is -0.234 e. The van der Waals surface area contributed by atoms with Crippen LogP contribution in [-0.4, -0.2) is 12.4 Å². The molecule has 0 saturated carbocycles. The molecule has 0 atom stereocenters. The molecule has 0 aliphatic rings. The third-order valence-electron chi connectivity index (χ3n) is 11.5. The standard InChI is InChI=1S/C56H38N4/c1-4-17-45(18-5-1)59(46-19-6-2-7-20-46)58-38-54-50-23-11-10-14-43(50)36-53-49(24-13-25-52(53)54)39-30-33-48(34-31-39)60(47-21-8-3-9-22-47)57-37-44-29-28-42-27-26-40-15-12-16-41-32-35-51(44)56(42)55(40)41/h1-38H/b57-37+,58-38+. The zero-order valence-electron chi connectivity index (χ0n) is 32.7. The molecule has 0 aliphatic carbocycles. The van der Waals surface area contributed by atoms with Crippen molar-refractivity contribution in [3.8, 4) is 11.1 Å². The zero-order valence-corrected chi connectivity index (χ0v) is 32.7. The van der Waals surface area contributed by atoms with Crippen LogP contribution in [-0.2, 0) is 0 Å². The normalized spacial score (nSPS) is 11.9. The number of hydrogen-bond donors (Lipinski definition) is 0. The highest BCUT2D eigenvalue weighted by molar-refractivity contribution is 6.25. The molecule has 0 aliphatic heterocycles. The van der Waals surface area contributed by atoms with E-state index in [1.54, 1.807) is 0 Å². The molecule has 0 aromatic heterocycles. The van der Waals surface area contributed by atoms with Gasteiger partial charge >= 0.3 is 0 Å². The van der Waals surface area contributed by atoms with Crippen molar-refractivity contribution in [2.45, 2.75) is 0 Å². The fourth-order valence-corrected chi connectivity index (χ4v) is 8.68. The molecule has 0 radical (unpaired) electrons. The van der Waals surface area contributed by atoms with Gasteiger partial charge in [0.05, 0.1) is 35.2 Å². The number of anilines is 4. The lowest BCUT2D eigenvalue weighted by Gasteiger charge is -2.20. The molecule has 282 valence electrons. The molecule has 4 nitrogen and oxygen atoms in total. The Morgan fingerprint density at radius 2 is 0.817 bits per heavy atom. The van der Waals surface area contributed by atoms with E-state index in [1.165, 1.54) is 37.7 Å². The van der Waals surface area contributed by atoms with Gasteiger partial charge in [-0.1, -0.05) is 164 Å². The molecule has 0 N–H and O–H groups in total. The largest absolute Gasteiger partial charge is 0.234 e. The van der Waals surface area contributed by atoms with Crippen LogP contribution in [0.3, 0.4) is 0 Å². The van der Waals surface area contributed by atoms with Gasteiger partial charge in [0, 0.05) is 11.1 Å². The second kappa shape index (κ2) is 15.0. The number of rotatable bonds is 9. The average Bonchev–Trinajstić information content (AvgIpc) is 3.32. The summed E-state index contributed by atoms with van der Waals surface area (Å²) in [4.78, 5) is 0. The van der Waals surface area contributed by atoms with Crippen molar-refractivity contribution in [3.63, 3.8) is 0 Å². The number of hydrogen-bond acceptors (Lipinski definition) is 4. The summed E-state index contributed by atoms with van der Waals surface area (Å²) in [7, 11) is 0. The van der Waals surface area contributed by atoms with Gasteiger partial charge in [-0.25, -0.2) is 10.0 Å². The van der Waals surface area contributed by atoms with Crippen molar-refractivity contribution in [1.29, 1.82) is 0 Å². The monoisotopic (exact) mass is 766 g/mol. The zero-order chi connectivity index (χ0) is 39.8. The summed E-state index contributed by atoms with van der Waals surface area (Å²) >= 11 is 0. The van der Waals surface area contributed by atoms with Crippen LogP contribution >= 0.6 is 0 Å². The van der Waals surface area contributed by atoms with Gasteiger partial charge in [-0.3, -0.25) is 0 Å². The quantitative estimate of drug-likeness (QED) is 0.0634. The Kier molecular flexibility index (Phi) is 8.79. The van der Waals surface area contributed by atoms with Crippen LogP contribution in [0.2, 0.25) is 0 Å². The fraction of sp³-hybridized carbons (Fsp3) is 0. The Labute approximate surface area is 348 Å². The lowest BCUT2D eigenvalue weighted by Crippen LogP contribution is -2.09. The molecule has 60 heavy (non-hydrogen) atoms. The van der Waals surface area contributed by atoms with Gasteiger partial charge in [-0.2, -0.15) is 10.2 Å². The molecule has 11 rings (SSSR count). The van der Waals surface area contributed by atoms with E-state index in [0.717, 1.165) is 61.2 Å². The third-order valence-corrected chi connectivity index (χ3v) is 11.5. The minimum atomic E-state index is 0.972. The van der Waals surface area contributed by atoms with Gasteiger partial charge in [0.25, 0.3) is 0 Å². The molecule has 0 heterocycles. The van der Waals surface area contributed by atoms with E-state index in [0.29, 0.717) is 0 Å². The fourth-order valence-electron chi connectivity index (χ4n) is 8.68. The van der Waals surface area contributed by atoms with E-state index in [9.17, 15) is 0 Å². The van der Waals surface area contributed by atoms with Crippen LogP contribution < -0.4 is 10.0 Å². The Hall–Kier alpha value is -8.08. The molecule has 0 amide bonds. The summed E-state index contributed by atoms with van der Waals surface area (Å²) in [5.74, 6) is 0. The first-order valence-electron chi connectivity index (χ1n) is 20.3. The molecule has 0 bridgehead atoms. The van der Waals surface area contributed by atoms with Crippen molar-refractivity contribution in [3.05, 3.63) is 230 Å². The molecule has 0 spiro atoms. The lowest BCUT2D eigenvalue weighted by atomic mass is 9.92. The summed E-state index contributed by atoms with van der Waals surface area (Å²) in [6, 6.07) is 77.0. The first-order chi connectivity index (χ1) is 29.8. The molecule has 0 saturated heterocycles. The van der Waals surface area contributed by atoms with Gasteiger partial charge in [-0.15, -0.1) is 0 Å². The van der Waals surface area contributed by atoms with E-state index >= 15 is 0 Å². The number of hydrazone groups is 2. The highest BCUT2D eigenvalue weighted by Crippen LogP contribution is 2.38. The molecule has 0 unspecified atom stereocenters. The number of benzene rings is 11. The summed E-state index contributed by atoms with van der Waals surface area (Å²) in [6.07, 6.45) is 4.02. The van der Waals surface area contributed by atoms with Crippen LogP contribution in [0.15, 0.2) is 229 Å². The van der Waals surface area contributed by atoms with Gasteiger partial charge in [0.1, 0.15) is 0 Å². The van der Waals surface area contributed by atoms with Crippen molar-refractivity contribution in [1.82, 2.24) is 0 Å². The maximum atomic E-state index is 5.18. The highest BCUT2D eigenvalue weighted by atomic mass is 15.5. The van der Waals surface area contributed by atoms with Crippen LogP contribution in [0.25, 0.3) is 65.0 Å². The van der Waals surface area contributed by atoms with Crippen molar-refractivity contribution in [2.75, 3.05) is 10.0 Å². The summed E-state index contributed by atoms with van der Waals surface area (Å²) < 4.78 is 0. The Morgan fingerprint density at radius 1 is 0.317 bits per heavy atom. The van der Waals surface area contributed by atoms with Crippen LogP contribution in [0, 0.1) is 0 Å². The van der Waals surface area contributed by atoms with E-state index in [4.69, 9.17) is 10.2 Å². The van der Waals surface area contributed by atoms with Crippen LogP contribution in [0.5, 0.6) is 0 Å². The number of nitrogens with zero attached hydrogens (tertiary/aromatic N) is 4. The minimum absolute atomic E-state index is 0.972. The summed E-state index contributed by atoms with van der Waals surface area (Å²) in [6.45, 7) is 0. The molecule has 11 aromatic carbocycles. The lowest BCUT2D eigenvalue weighted by molar-refractivity contribution is 1.09. The molecule has 11 aromatic rings. The van der Waals surface area contributed by atoms with Gasteiger partial charge < -0.3 is 0 Å². The molecule has 0 fully saturated rings. The highest BCUT2D eigenvalue weighted by Gasteiger charge is 2.15. The smallest absolute Gasteiger partial charge is 0.0653 e. The number of para-hydroxylation sites is 3. The van der Waals surface area contributed by atoms with Gasteiger partial charge in [0.15, 0.2) is 0 Å². The average molecular weight is 767 g/mol. The summed E-state index contributed by atoms with van der Waals surface area (Å²) in [5.41, 5.74) is 8.39. The van der Waals surface area contributed by atoms with Gasteiger partial charge in [-0.05, 0) is 120 Å². The van der Waals surface area contributed by atoms with E-state index in [1.807, 2.05) is 64.9 Å². The Bertz CT molecular complexity index is 3300. The second-order valence-electron chi connectivity index (χ2n) is 15.1. The molecular formula is C56H38N4. The van der Waals surface area contributed by atoms with Gasteiger partial charge in [0.2, 0.25) is 0 Å². The maximum absolute atomic E-state index is 5.18. The third kappa shape index (κ3) is 6.28. The van der Waals surface area contributed by atoms with Crippen molar-refractivity contribution >= 4 is 89.0 Å². The van der Waals surface area contributed by atoms with E-state index in [2.05, 4.69) is 176 Å². The predicted molar refractivity (Wildman–Crippen MR) is 256 cm³/mol. The van der Waals surface area contributed by atoms with Crippen LogP contribution in [0.4, 0.5) is 22.7 Å². The molecular weight excluding hydrogens is 729 g/mol. The topological polar surface area (TPSA) is 31.2 Å². The first kappa shape index (κ1) is 35.1. The van der Waals surface area contributed by atoms with Crippen LogP contribution in [0.1, 0.15) is 11.1 Å². The second-order valence-corrected chi connectivity index (χ2v) is 15.1. The van der Waals surface area contributed by atoms with E-state index in [-0.39, 0.29) is 0 Å².